The van der Waals surface area contributed by atoms with Crippen molar-refractivity contribution in [3.05, 3.63) is 108 Å². The molecule has 314 valence electrons. The Morgan fingerprint density at radius 2 is 1.10 bits per heavy atom. The fourth-order valence-electron chi connectivity index (χ4n) is 5.73. The smallest absolute Gasteiger partial charge is 0.408 e. The molecule has 0 saturated heterocycles. The van der Waals surface area contributed by atoms with E-state index in [-0.39, 0.29) is 38.8 Å². The molecule has 0 spiro atoms. The van der Waals surface area contributed by atoms with Crippen molar-refractivity contribution < 1.29 is 43.0 Å². The van der Waals surface area contributed by atoms with Crippen LogP contribution in [0.1, 0.15) is 63.1 Å². The van der Waals surface area contributed by atoms with Crippen LogP contribution in [0.15, 0.2) is 91.0 Å². The number of esters is 1. The molecule has 0 aromatic heterocycles. The summed E-state index contributed by atoms with van der Waals surface area (Å²) < 4.78 is 15.7. The Hall–Kier alpha value is -5.57. The van der Waals surface area contributed by atoms with Gasteiger partial charge in [-0.3, -0.25) is 14.4 Å². The normalized spacial score (nSPS) is 13.1. The molecule has 58 heavy (non-hydrogen) atoms. The SMILES string of the molecule is COC(=O)[C@H](Cc1ccccc1)NC(=O)[C@H](CCCCNC(=O)[C@H](Cc1ccccc1)NC(=O)OCc1ccccc1)NC(=O)[C@H](CCSC)NC(=O)OC(C)(C)C. The second kappa shape index (κ2) is 24.9. The summed E-state index contributed by atoms with van der Waals surface area (Å²) in [4.78, 5) is 79.2. The van der Waals surface area contributed by atoms with Gasteiger partial charge in [0.05, 0.1) is 7.11 Å². The average molecular weight is 820 g/mol. The highest BCUT2D eigenvalue weighted by Crippen LogP contribution is 2.12. The van der Waals surface area contributed by atoms with Crippen LogP contribution in [0.5, 0.6) is 0 Å². The van der Waals surface area contributed by atoms with Crippen molar-refractivity contribution in [2.75, 3.05) is 25.7 Å². The van der Waals surface area contributed by atoms with Gasteiger partial charge in [-0.1, -0.05) is 91.0 Å². The number of methoxy groups -OCH3 is 1. The summed E-state index contributed by atoms with van der Waals surface area (Å²) in [6.45, 7) is 5.37. The fourth-order valence-corrected chi connectivity index (χ4v) is 6.20. The lowest BCUT2D eigenvalue weighted by Gasteiger charge is -2.26. The van der Waals surface area contributed by atoms with Gasteiger partial charge in [0.15, 0.2) is 0 Å². The summed E-state index contributed by atoms with van der Waals surface area (Å²) in [5.41, 5.74) is 1.63. The number of ether oxygens (including phenoxy) is 3. The Morgan fingerprint density at radius 1 is 0.603 bits per heavy atom. The molecule has 5 amide bonds. The van der Waals surface area contributed by atoms with Crippen LogP contribution in [-0.4, -0.2) is 91.3 Å². The van der Waals surface area contributed by atoms with Crippen molar-refractivity contribution >= 4 is 47.6 Å². The molecule has 3 aromatic carbocycles. The Labute approximate surface area is 345 Å². The molecule has 3 aromatic rings. The third kappa shape index (κ3) is 18.1. The zero-order valence-electron chi connectivity index (χ0n) is 33.9. The molecular weight excluding hydrogens is 763 g/mol. The molecule has 0 fully saturated rings. The van der Waals surface area contributed by atoms with E-state index in [1.165, 1.54) is 18.9 Å². The number of hydrogen-bond acceptors (Lipinski definition) is 10. The molecule has 0 bridgehead atoms. The van der Waals surface area contributed by atoms with E-state index in [4.69, 9.17) is 14.2 Å². The van der Waals surface area contributed by atoms with Crippen molar-refractivity contribution in [2.45, 2.75) is 95.7 Å². The number of rotatable bonds is 22. The van der Waals surface area contributed by atoms with Gasteiger partial charge in [0, 0.05) is 19.4 Å². The minimum absolute atomic E-state index is 0.0413. The van der Waals surface area contributed by atoms with Crippen LogP contribution in [0.4, 0.5) is 9.59 Å². The molecule has 14 nitrogen and oxygen atoms in total. The van der Waals surface area contributed by atoms with Gasteiger partial charge < -0.3 is 40.8 Å². The molecule has 0 radical (unpaired) electrons. The molecule has 4 atom stereocenters. The summed E-state index contributed by atoms with van der Waals surface area (Å²) >= 11 is 1.49. The van der Waals surface area contributed by atoms with Crippen LogP contribution in [0.3, 0.4) is 0 Å². The van der Waals surface area contributed by atoms with E-state index in [2.05, 4.69) is 26.6 Å². The maximum atomic E-state index is 13.9. The van der Waals surface area contributed by atoms with E-state index in [1.807, 2.05) is 97.3 Å². The third-order valence-corrected chi connectivity index (χ3v) is 9.30. The minimum atomic E-state index is -1.12. The molecule has 0 saturated carbocycles. The van der Waals surface area contributed by atoms with Crippen LogP contribution < -0.4 is 26.6 Å². The monoisotopic (exact) mass is 819 g/mol. The number of hydrogen-bond donors (Lipinski definition) is 5. The van der Waals surface area contributed by atoms with Gasteiger partial charge in [0.2, 0.25) is 17.7 Å². The Morgan fingerprint density at radius 3 is 1.64 bits per heavy atom. The van der Waals surface area contributed by atoms with Crippen LogP contribution in [0.25, 0.3) is 0 Å². The first-order chi connectivity index (χ1) is 27.8. The number of alkyl carbamates (subject to hydrolysis) is 2. The molecule has 0 aliphatic carbocycles. The summed E-state index contributed by atoms with van der Waals surface area (Å²) in [6, 6.07) is 23.5. The minimum Gasteiger partial charge on any atom is -0.467 e. The molecule has 5 N–H and O–H groups in total. The first kappa shape index (κ1) is 46.8. The van der Waals surface area contributed by atoms with Crippen molar-refractivity contribution in [3.8, 4) is 0 Å². The van der Waals surface area contributed by atoms with Gasteiger partial charge in [-0.05, 0) is 75.2 Å². The Bertz CT molecular complexity index is 1740. The second-order valence-electron chi connectivity index (χ2n) is 14.6. The second-order valence-corrected chi connectivity index (χ2v) is 15.5. The highest BCUT2D eigenvalue weighted by Gasteiger charge is 2.31. The third-order valence-electron chi connectivity index (χ3n) is 8.66. The van der Waals surface area contributed by atoms with Crippen molar-refractivity contribution in [3.63, 3.8) is 0 Å². The van der Waals surface area contributed by atoms with Gasteiger partial charge in [-0.15, -0.1) is 0 Å². The Kier molecular flexibility index (Phi) is 20.1. The van der Waals surface area contributed by atoms with Crippen molar-refractivity contribution in [1.29, 1.82) is 0 Å². The lowest BCUT2D eigenvalue weighted by molar-refractivity contribution is -0.145. The topological polar surface area (TPSA) is 190 Å². The fraction of sp³-hybridized carbons (Fsp3) is 0.442. The first-order valence-electron chi connectivity index (χ1n) is 19.3. The quantitative estimate of drug-likeness (QED) is 0.0533. The number of carbonyl (C=O) groups excluding carboxylic acids is 6. The van der Waals surface area contributed by atoms with Crippen LogP contribution in [0, 0.1) is 0 Å². The maximum Gasteiger partial charge on any atom is 0.408 e. The predicted octanol–water partition coefficient (Wildman–Crippen LogP) is 4.84. The molecule has 0 aliphatic heterocycles. The van der Waals surface area contributed by atoms with Gasteiger partial charge in [-0.2, -0.15) is 11.8 Å². The molecule has 3 rings (SSSR count). The van der Waals surface area contributed by atoms with Crippen LogP contribution in [0.2, 0.25) is 0 Å². The number of thioether (sulfide) groups is 1. The van der Waals surface area contributed by atoms with Crippen LogP contribution in [-0.2, 0) is 52.8 Å². The van der Waals surface area contributed by atoms with E-state index in [0.717, 1.165) is 16.7 Å². The van der Waals surface area contributed by atoms with Gasteiger partial charge >= 0.3 is 18.2 Å². The largest absolute Gasteiger partial charge is 0.467 e. The van der Waals surface area contributed by atoms with E-state index >= 15 is 0 Å². The highest BCUT2D eigenvalue weighted by molar-refractivity contribution is 7.98. The average Bonchev–Trinajstić information content (AvgIpc) is 3.20. The van der Waals surface area contributed by atoms with Crippen LogP contribution >= 0.6 is 11.8 Å². The zero-order chi connectivity index (χ0) is 42.3. The summed E-state index contributed by atoms with van der Waals surface area (Å²) in [5.74, 6) is -1.76. The lowest BCUT2D eigenvalue weighted by atomic mass is 10.0. The number of carbonyl (C=O) groups is 6. The summed E-state index contributed by atoms with van der Waals surface area (Å²) in [7, 11) is 1.23. The van der Waals surface area contributed by atoms with E-state index in [0.29, 0.717) is 18.6 Å². The summed E-state index contributed by atoms with van der Waals surface area (Å²) in [6.07, 6.45) is 1.90. The number of unbranched alkanes of at least 4 members (excludes halogenated alkanes) is 1. The molecular formula is C43H57N5O9S. The standard InChI is InChI=1S/C43H57N5O9S/c1-43(2,3)57-42(54)47-34(24-26-58-5)39(51)45-33(38(50)46-36(40(52)55-4)28-31-19-11-7-12-20-31)23-15-16-25-44-37(49)35(27-30-17-9-6-10-18-30)48-41(53)56-29-32-21-13-8-14-22-32/h6-14,17-22,33-36H,15-16,23-29H2,1-5H3,(H,44,49)(H,45,51)(H,46,50)(H,47,54)(H,48,53)/t33-,34-,35-,36-/m0/s1. The van der Waals surface area contributed by atoms with Gasteiger partial charge in [-0.25, -0.2) is 14.4 Å². The van der Waals surface area contributed by atoms with Crippen molar-refractivity contribution in [1.82, 2.24) is 26.6 Å². The first-order valence-corrected chi connectivity index (χ1v) is 20.7. The number of benzene rings is 3. The van der Waals surface area contributed by atoms with Crippen molar-refractivity contribution in [2.24, 2.45) is 0 Å². The predicted molar refractivity (Wildman–Crippen MR) is 223 cm³/mol. The molecule has 0 heterocycles. The van der Waals surface area contributed by atoms with Gasteiger partial charge in [0.1, 0.15) is 36.4 Å². The Balaban J connectivity index is 1.70. The molecule has 0 aliphatic rings. The summed E-state index contributed by atoms with van der Waals surface area (Å²) in [5, 5.41) is 13.7. The number of nitrogens with one attached hydrogen (secondary N) is 5. The molecule has 15 heteroatoms. The van der Waals surface area contributed by atoms with Gasteiger partial charge in [0.25, 0.3) is 0 Å². The number of amides is 5. The molecule has 0 unspecified atom stereocenters. The zero-order valence-corrected chi connectivity index (χ0v) is 34.7. The van der Waals surface area contributed by atoms with E-state index in [1.54, 1.807) is 20.8 Å². The maximum absolute atomic E-state index is 13.9. The lowest BCUT2D eigenvalue weighted by Crippen LogP contribution is -2.56. The van der Waals surface area contributed by atoms with E-state index < -0.39 is 65.6 Å². The highest BCUT2D eigenvalue weighted by atomic mass is 32.2. The van der Waals surface area contributed by atoms with E-state index in [9.17, 15) is 28.8 Å².